The van der Waals surface area contributed by atoms with E-state index in [1.165, 1.54) is 19.0 Å². The number of nitrogens with zero attached hydrogens (tertiary/aromatic N) is 1. The molecule has 0 spiro atoms. The highest BCUT2D eigenvalue weighted by atomic mass is 28.4. The summed E-state index contributed by atoms with van der Waals surface area (Å²) in [6.07, 6.45) is 1.34. The Morgan fingerprint density at radius 2 is 2.30 bits per heavy atom. The Bertz CT molecular complexity index is 120. The Kier molecular flexibility index (Phi) is 2.49. The van der Waals surface area contributed by atoms with Gasteiger partial charge in [-0.15, -0.1) is 0 Å². The molecule has 0 aromatic heterocycles. The minimum Gasteiger partial charge on any atom is -0.406 e. The van der Waals surface area contributed by atoms with Crippen molar-refractivity contribution in [3.05, 3.63) is 0 Å². The van der Waals surface area contributed by atoms with Crippen LogP contribution in [0.2, 0.25) is 12.6 Å². The molecule has 1 unspecified atom stereocenters. The van der Waals surface area contributed by atoms with Crippen LogP contribution >= 0.6 is 0 Å². The van der Waals surface area contributed by atoms with Gasteiger partial charge in [0.25, 0.3) is 8.48 Å². The number of hydrogen-bond acceptors (Lipinski definition) is 2. The highest BCUT2D eigenvalue weighted by Crippen LogP contribution is 2.25. The summed E-state index contributed by atoms with van der Waals surface area (Å²) in [5.41, 5.74) is 0. The van der Waals surface area contributed by atoms with E-state index in [2.05, 4.69) is 18.0 Å². The largest absolute Gasteiger partial charge is 0.406 e. The first-order valence-corrected chi connectivity index (χ1v) is 6.59. The normalized spacial score (nSPS) is 35.1. The smallest absolute Gasteiger partial charge is 0.267 e. The van der Waals surface area contributed by atoms with Crippen molar-refractivity contribution in [1.29, 1.82) is 0 Å². The van der Waals surface area contributed by atoms with E-state index < -0.39 is 8.48 Å². The topological polar surface area (TPSA) is 12.5 Å². The maximum Gasteiger partial charge on any atom is 0.267 e. The van der Waals surface area contributed by atoms with Crippen LogP contribution in [0.5, 0.6) is 0 Å². The summed E-state index contributed by atoms with van der Waals surface area (Å²) in [5, 5.41) is 0. The summed E-state index contributed by atoms with van der Waals surface area (Å²) in [6, 6.07) is 1.32. The Morgan fingerprint density at radius 1 is 1.60 bits per heavy atom. The lowest BCUT2D eigenvalue weighted by atomic mass is 10.5. The van der Waals surface area contributed by atoms with Crippen molar-refractivity contribution < 1.29 is 4.43 Å². The van der Waals surface area contributed by atoms with Gasteiger partial charge < -0.3 is 8.99 Å². The van der Waals surface area contributed by atoms with Crippen LogP contribution < -0.4 is 0 Å². The van der Waals surface area contributed by atoms with E-state index in [1.54, 1.807) is 0 Å². The third-order valence-corrected chi connectivity index (χ3v) is 6.60. The van der Waals surface area contributed by atoms with Crippen molar-refractivity contribution in [1.82, 2.24) is 4.57 Å². The van der Waals surface area contributed by atoms with Crippen LogP contribution in [-0.4, -0.2) is 33.2 Å². The lowest BCUT2D eigenvalue weighted by Gasteiger charge is -2.29. The molecule has 0 N–H and O–H groups in total. The minimum atomic E-state index is -1.36. The van der Waals surface area contributed by atoms with E-state index in [0.717, 1.165) is 6.54 Å². The second-order valence-corrected chi connectivity index (χ2v) is 6.95. The van der Waals surface area contributed by atoms with E-state index in [0.29, 0.717) is 0 Å². The maximum absolute atomic E-state index is 5.57. The van der Waals surface area contributed by atoms with Gasteiger partial charge in [0.15, 0.2) is 0 Å². The standard InChI is InChI=1S/C7H17NOSi/c1-4-8-6-5-7-10(8,3)9-2/h4-7H2,1-3H3. The highest BCUT2D eigenvalue weighted by Gasteiger charge is 2.38. The molecule has 0 amide bonds. The molecular weight excluding hydrogens is 142 g/mol. The molecule has 0 bridgehead atoms. The first kappa shape index (κ1) is 8.24. The number of hydrogen-bond donors (Lipinski definition) is 0. The summed E-state index contributed by atoms with van der Waals surface area (Å²) in [5.74, 6) is 0. The molecule has 0 radical (unpaired) electrons. The van der Waals surface area contributed by atoms with Gasteiger partial charge in [-0.25, -0.2) is 0 Å². The van der Waals surface area contributed by atoms with Crippen molar-refractivity contribution in [3.8, 4) is 0 Å². The zero-order valence-electron chi connectivity index (χ0n) is 7.18. The molecule has 3 heteroatoms. The Morgan fingerprint density at radius 3 is 2.70 bits per heavy atom. The van der Waals surface area contributed by atoms with Crippen LogP contribution in [0.15, 0.2) is 0 Å². The van der Waals surface area contributed by atoms with Gasteiger partial charge in [0.05, 0.1) is 0 Å². The lowest BCUT2D eigenvalue weighted by Crippen LogP contribution is -2.47. The Hall–Kier alpha value is 0.137. The fraction of sp³-hybridized carbons (Fsp3) is 1.00. The predicted molar refractivity (Wildman–Crippen MR) is 45.3 cm³/mol. The SMILES string of the molecule is CCN1CCC[Si]1(C)OC. The molecule has 2 nitrogen and oxygen atoms in total. The maximum atomic E-state index is 5.57. The second-order valence-electron chi connectivity index (χ2n) is 3.06. The van der Waals surface area contributed by atoms with Gasteiger partial charge >= 0.3 is 0 Å². The molecule has 1 atom stereocenters. The van der Waals surface area contributed by atoms with Crippen LogP contribution in [0.25, 0.3) is 0 Å². The molecular formula is C7H17NOSi. The monoisotopic (exact) mass is 159 g/mol. The average molecular weight is 159 g/mol. The predicted octanol–water partition coefficient (Wildman–Crippen LogP) is 1.43. The first-order valence-electron chi connectivity index (χ1n) is 4.03. The summed E-state index contributed by atoms with van der Waals surface area (Å²) < 4.78 is 8.09. The fourth-order valence-corrected chi connectivity index (χ4v) is 4.61. The van der Waals surface area contributed by atoms with Crippen molar-refractivity contribution in [2.24, 2.45) is 0 Å². The molecule has 1 fully saturated rings. The zero-order chi connectivity index (χ0) is 7.61. The van der Waals surface area contributed by atoms with Gasteiger partial charge in [-0.3, -0.25) is 0 Å². The quantitative estimate of drug-likeness (QED) is 0.565. The molecule has 1 rings (SSSR count). The van der Waals surface area contributed by atoms with Crippen LogP contribution in [0.1, 0.15) is 13.3 Å². The van der Waals surface area contributed by atoms with Crippen molar-refractivity contribution in [3.63, 3.8) is 0 Å². The summed E-state index contributed by atoms with van der Waals surface area (Å²) >= 11 is 0. The molecule has 10 heavy (non-hydrogen) atoms. The van der Waals surface area contributed by atoms with Crippen molar-refractivity contribution in [2.75, 3.05) is 20.2 Å². The van der Waals surface area contributed by atoms with Gasteiger partial charge in [0.2, 0.25) is 0 Å². The van der Waals surface area contributed by atoms with Gasteiger partial charge in [-0.1, -0.05) is 6.92 Å². The van der Waals surface area contributed by atoms with Crippen LogP contribution in [-0.2, 0) is 4.43 Å². The molecule has 1 saturated heterocycles. The fourth-order valence-electron chi connectivity index (χ4n) is 1.72. The van der Waals surface area contributed by atoms with Crippen LogP contribution in [0.3, 0.4) is 0 Å². The molecule has 60 valence electrons. The van der Waals surface area contributed by atoms with E-state index >= 15 is 0 Å². The van der Waals surface area contributed by atoms with Gasteiger partial charge in [-0.2, -0.15) is 0 Å². The van der Waals surface area contributed by atoms with Gasteiger partial charge in [0.1, 0.15) is 0 Å². The first-order chi connectivity index (χ1) is 4.73. The van der Waals surface area contributed by atoms with Gasteiger partial charge in [-0.05, 0) is 32.1 Å². The summed E-state index contributed by atoms with van der Waals surface area (Å²) in [6.45, 7) is 6.95. The van der Waals surface area contributed by atoms with E-state index in [-0.39, 0.29) is 0 Å². The molecule has 0 saturated carbocycles. The van der Waals surface area contributed by atoms with E-state index in [4.69, 9.17) is 4.43 Å². The molecule has 0 aliphatic carbocycles. The average Bonchev–Trinajstić information content (AvgIpc) is 2.32. The Balaban J connectivity index is 2.56. The van der Waals surface area contributed by atoms with Crippen LogP contribution in [0.4, 0.5) is 0 Å². The molecule has 1 aliphatic heterocycles. The molecule has 1 heterocycles. The molecule has 0 aromatic rings. The number of rotatable bonds is 2. The van der Waals surface area contributed by atoms with E-state index in [1.807, 2.05) is 7.11 Å². The summed E-state index contributed by atoms with van der Waals surface area (Å²) in [7, 11) is 0.505. The lowest BCUT2D eigenvalue weighted by molar-refractivity contribution is 0.323. The molecule has 0 aromatic carbocycles. The second kappa shape index (κ2) is 3.03. The van der Waals surface area contributed by atoms with Crippen molar-refractivity contribution >= 4 is 8.48 Å². The molecule has 1 aliphatic rings. The van der Waals surface area contributed by atoms with Crippen LogP contribution in [0, 0.1) is 0 Å². The summed E-state index contributed by atoms with van der Waals surface area (Å²) in [4.78, 5) is 0. The van der Waals surface area contributed by atoms with E-state index in [9.17, 15) is 0 Å². The third-order valence-electron chi connectivity index (χ3n) is 2.56. The van der Waals surface area contributed by atoms with Gasteiger partial charge in [0, 0.05) is 7.11 Å². The third kappa shape index (κ3) is 1.26. The zero-order valence-corrected chi connectivity index (χ0v) is 8.18. The van der Waals surface area contributed by atoms with Crippen molar-refractivity contribution in [2.45, 2.75) is 25.9 Å². The highest BCUT2D eigenvalue weighted by molar-refractivity contribution is 6.70. The Labute approximate surface area is 64.4 Å². The minimum absolute atomic E-state index is 1.16.